The summed E-state index contributed by atoms with van der Waals surface area (Å²) in [7, 11) is -1.18. The SMILES string of the molecule is CCCCCS(=O)(=O)C1COCCC1NC. The number of ether oxygens (including phenoxy) is 1. The zero-order chi connectivity index (χ0) is 12.0. The van der Waals surface area contributed by atoms with E-state index in [2.05, 4.69) is 12.2 Å². The number of sulfone groups is 1. The Morgan fingerprint density at radius 2 is 2.12 bits per heavy atom. The van der Waals surface area contributed by atoms with E-state index in [0.29, 0.717) is 19.0 Å². The molecule has 96 valence electrons. The lowest BCUT2D eigenvalue weighted by Gasteiger charge is -2.30. The van der Waals surface area contributed by atoms with Crippen LogP contribution < -0.4 is 5.32 Å². The standard InChI is InChI=1S/C11H23NO3S/c1-3-4-5-8-16(13,14)11-9-15-7-6-10(11)12-2/h10-12H,3-9H2,1-2H3. The minimum Gasteiger partial charge on any atom is -0.380 e. The van der Waals surface area contributed by atoms with Crippen molar-refractivity contribution < 1.29 is 13.2 Å². The molecule has 16 heavy (non-hydrogen) atoms. The molecule has 1 heterocycles. The number of nitrogens with one attached hydrogen (secondary N) is 1. The van der Waals surface area contributed by atoms with Gasteiger partial charge in [-0.15, -0.1) is 0 Å². The van der Waals surface area contributed by atoms with Crippen LogP contribution in [0.5, 0.6) is 0 Å². The van der Waals surface area contributed by atoms with E-state index in [1.165, 1.54) is 0 Å². The van der Waals surface area contributed by atoms with Crippen molar-refractivity contribution in [3.8, 4) is 0 Å². The van der Waals surface area contributed by atoms with Gasteiger partial charge in [-0.1, -0.05) is 19.8 Å². The lowest BCUT2D eigenvalue weighted by atomic mass is 10.1. The Hall–Kier alpha value is -0.130. The Balaban J connectivity index is 2.57. The fourth-order valence-corrected chi connectivity index (χ4v) is 4.09. The number of hydrogen-bond acceptors (Lipinski definition) is 4. The Morgan fingerprint density at radius 3 is 2.75 bits per heavy atom. The summed E-state index contributed by atoms with van der Waals surface area (Å²) in [6.07, 6.45) is 3.59. The predicted octanol–water partition coefficient (Wildman–Crippen LogP) is 0.968. The normalized spacial score (nSPS) is 26.9. The van der Waals surface area contributed by atoms with Crippen molar-refractivity contribution in [2.45, 2.75) is 43.9 Å². The first kappa shape index (κ1) is 13.9. The monoisotopic (exact) mass is 249 g/mol. The van der Waals surface area contributed by atoms with Gasteiger partial charge in [-0.25, -0.2) is 8.42 Å². The molecule has 2 unspecified atom stereocenters. The summed E-state index contributed by atoms with van der Waals surface area (Å²) in [5.41, 5.74) is 0. The van der Waals surface area contributed by atoms with Crippen LogP contribution in [0, 0.1) is 0 Å². The highest BCUT2D eigenvalue weighted by Crippen LogP contribution is 2.17. The Kier molecular flexibility index (Phi) is 5.72. The van der Waals surface area contributed by atoms with Crippen molar-refractivity contribution in [3.05, 3.63) is 0 Å². The quantitative estimate of drug-likeness (QED) is 0.713. The van der Waals surface area contributed by atoms with Gasteiger partial charge in [-0.3, -0.25) is 0 Å². The molecule has 0 aromatic rings. The second kappa shape index (κ2) is 6.57. The second-order valence-corrected chi connectivity index (χ2v) is 6.71. The van der Waals surface area contributed by atoms with Crippen molar-refractivity contribution in [2.24, 2.45) is 0 Å². The van der Waals surface area contributed by atoms with Crippen molar-refractivity contribution in [1.82, 2.24) is 5.32 Å². The molecule has 0 aliphatic carbocycles. The van der Waals surface area contributed by atoms with Gasteiger partial charge in [0.1, 0.15) is 0 Å². The molecule has 0 saturated carbocycles. The maximum absolute atomic E-state index is 12.1. The van der Waals surface area contributed by atoms with Crippen LogP contribution in [0.3, 0.4) is 0 Å². The lowest BCUT2D eigenvalue weighted by Crippen LogP contribution is -2.49. The molecule has 0 radical (unpaired) electrons. The summed E-state index contributed by atoms with van der Waals surface area (Å²) >= 11 is 0. The third-order valence-electron chi connectivity index (χ3n) is 3.17. The highest BCUT2D eigenvalue weighted by atomic mass is 32.2. The zero-order valence-corrected chi connectivity index (χ0v) is 11.1. The highest BCUT2D eigenvalue weighted by molar-refractivity contribution is 7.92. The molecule has 1 fully saturated rings. The zero-order valence-electron chi connectivity index (χ0n) is 10.2. The van der Waals surface area contributed by atoms with Gasteiger partial charge in [0, 0.05) is 12.6 Å². The maximum Gasteiger partial charge on any atom is 0.156 e. The van der Waals surface area contributed by atoms with Crippen LogP contribution in [0.25, 0.3) is 0 Å². The number of hydrogen-bond donors (Lipinski definition) is 1. The van der Waals surface area contributed by atoms with Crippen LogP contribution in [0.2, 0.25) is 0 Å². The average molecular weight is 249 g/mol. The first-order chi connectivity index (χ1) is 7.61. The van der Waals surface area contributed by atoms with Gasteiger partial charge in [0.25, 0.3) is 0 Å². The highest BCUT2D eigenvalue weighted by Gasteiger charge is 2.34. The van der Waals surface area contributed by atoms with Crippen LogP contribution in [-0.2, 0) is 14.6 Å². The summed E-state index contributed by atoms with van der Waals surface area (Å²) in [5.74, 6) is 0.299. The third kappa shape index (κ3) is 3.71. The molecular formula is C11H23NO3S. The summed E-state index contributed by atoms with van der Waals surface area (Å²) in [5, 5.41) is 2.73. The molecule has 5 heteroatoms. The summed E-state index contributed by atoms with van der Waals surface area (Å²) < 4.78 is 29.5. The fraction of sp³-hybridized carbons (Fsp3) is 1.00. The maximum atomic E-state index is 12.1. The molecule has 2 atom stereocenters. The molecule has 0 aromatic carbocycles. The van der Waals surface area contributed by atoms with E-state index < -0.39 is 9.84 Å². The first-order valence-electron chi connectivity index (χ1n) is 6.08. The van der Waals surface area contributed by atoms with Gasteiger partial charge >= 0.3 is 0 Å². The molecule has 1 rings (SSSR count). The van der Waals surface area contributed by atoms with Gasteiger partial charge in [-0.2, -0.15) is 0 Å². The Morgan fingerprint density at radius 1 is 1.38 bits per heavy atom. The van der Waals surface area contributed by atoms with Gasteiger partial charge < -0.3 is 10.1 Å². The minimum absolute atomic E-state index is 0.0559. The summed E-state index contributed by atoms with van der Waals surface area (Å²) in [6, 6.07) is 0.0559. The summed E-state index contributed by atoms with van der Waals surface area (Å²) in [6.45, 7) is 3.08. The molecule has 0 bridgehead atoms. The van der Waals surface area contributed by atoms with E-state index >= 15 is 0 Å². The van der Waals surface area contributed by atoms with Crippen LogP contribution in [-0.4, -0.2) is 45.7 Å². The van der Waals surface area contributed by atoms with Crippen LogP contribution in [0.15, 0.2) is 0 Å². The van der Waals surface area contributed by atoms with Gasteiger partial charge in [0.2, 0.25) is 0 Å². The van der Waals surface area contributed by atoms with Gasteiger partial charge in [0.15, 0.2) is 9.84 Å². The fourth-order valence-electron chi connectivity index (χ4n) is 2.10. The lowest BCUT2D eigenvalue weighted by molar-refractivity contribution is 0.0825. The van der Waals surface area contributed by atoms with Crippen LogP contribution in [0.4, 0.5) is 0 Å². The van der Waals surface area contributed by atoms with Gasteiger partial charge in [-0.05, 0) is 19.9 Å². The molecule has 0 spiro atoms. The van der Waals surface area contributed by atoms with E-state index in [-0.39, 0.29) is 11.3 Å². The molecule has 1 N–H and O–H groups in total. The van der Waals surface area contributed by atoms with E-state index in [0.717, 1.165) is 25.7 Å². The minimum atomic E-state index is -3.00. The Bertz CT molecular complexity index is 290. The topological polar surface area (TPSA) is 55.4 Å². The molecule has 1 aliphatic heterocycles. The molecule has 0 amide bonds. The largest absolute Gasteiger partial charge is 0.380 e. The average Bonchev–Trinajstić information content (AvgIpc) is 2.29. The van der Waals surface area contributed by atoms with Gasteiger partial charge in [0.05, 0.1) is 17.6 Å². The van der Waals surface area contributed by atoms with Crippen molar-refractivity contribution in [2.75, 3.05) is 26.0 Å². The molecule has 1 saturated heterocycles. The summed E-state index contributed by atoms with van der Waals surface area (Å²) in [4.78, 5) is 0. The smallest absolute Gasteiger partial charge is 0.156 e. The molecule has 0 aromatic heterocycles. The molecule has 1 aliphatic rings. The predicted molar refractivity (Wildman–Crippen MR) is 65.4 cm³/mol. The number of unbranched alkanes of at least 4 members (excludes halogenated alkanes) is 2. The third-order valence-corrected chi connectivity index (χ3v) is 5.41. The second-order valence-electron chi connectivity index (χ2n) is 4.37. The van der Waals surface area contributed by atoms with E-state index in [1.54, 1.807) is 0 Å². The van der Waals surface area contributed by atoms with E-state index in [9.17, 15) is 8.42 Å². The van der Waals surface area contributed by atoms with E-state index in [4.69, 9.17) is 4.74 Å². The number of rotatable bonds is 6. The van der Waals surface area contributed by atoms with Crippen LogP contribution in [0.1, 0.15) is 32.6 Å². The molecule has 4 nitrogen and oxygen atoms in total. The Labute approximate surface area is 98.7 Å². The van der Waals surface area contributed by atoms with Crippen molar-refractivity contribution >= 4 is 9.84 Å². The first-order valence-corrected chi connectivity index (χ1v) is 7.80. The van der Waals surface area contributed by atoms with E-state index in [1.807, 2.05) is 7.05 Å². The van der Waals surface area contributed by atoms with Crippen molar-refractivity contribution in [3.63, 3.8) is 0 Å². The van der Waals surface area contributed by atoms with Crippen LogP contribution >= 0.6 is 0 Å². The van der Waals surface area contributed by atoms with Crippen molar-refractivity contribution in [1.29, 1.82) is 0 Å². The molecular weight excluding hydrogens is 226 g/mol.